The van der Waals surface area contributed by atoms with E-state index >= 15 is 0 Å². The molecule has 1 aromatic carbocycles. The van der Waals surface area contributed by atoms with Gasteiger partial charge in [-0.25, -0.2) is 4.99 Å². The van der Waals surface area contributed by atoms with Gasteiger partial charge in [-0.2, -0.15) is 0 Å². The highest BCUT2D eigenvalue weighted by Gasteiger charge is 2.35. The van der Waals surface area contributed by atoms with Gasteiger partial charge in [0.2, 0.25) is 0 Å². The Morgan fingerprint density at radius 3 is 2.41 bits per heavy atom. The normalized spacial score (nSPS) is 24.1. The molecule has 0 bridgehead atoms. The molecule has 0 radical (unpaired) electrons. The lowest BCUT2D eigenvalue weighted by Gasteiger charge is -2.21. The lowest BCUT2D eigenvalue weighted by molar-refractivity contribution is 0.188. The summed E-state index contributed by atoms with van der Waals surface area (Å²) in [5, 5.41) is 0. The summed E-state index contributed by atoms with van der Waals surface area (Å²) in [7, 11) is 0. The zero-order valence-corrected chi connectivity index (χ0v) is 10.7. The Hall–Kier alpha value is -1.57. The zero-order chi connectivity index (χ0) is 12.5. The van der Waals surface area contributed by atoms with Crippen LogP contribution in [0.4, 0.5) is 0 Å². The fourth-order valence-corrected chi connectivity index (χ4v) is 1.88. The molecule has 0 saturated carbocycles. The van der Waals surface area contributed by atoms with Gasteiger partial charge in [-0.1, -0.05) is 57.2 Å². The van der Waals surface area contributed by atoms with E-state index in [2.05, 4.69) is 44.5 Å². The minimum atomic E-state index is -0.0508. The van der Waals surface area contributed by atoms with Gasteiger partial charge in [0.25, 0.3) is 0 Å². The third-order valence-electron chi connectivity index (χ3n) is 2.83. The molecule has 2 heteroatoms. The van der Waals surface area contributed by atoms with Crippen LogP contribution in [0.5, 0.6) is 0 Å². The molecule has 90 valence electrons. The van der Waals surface area contributed by atoms with Gasteiger partial charge >= 0.3 is 0 Å². The molecule has 2 rings (SSSR count). The summed E-state index contributed by atoms with van der Waals surface area (Å²) in [6.45, 7) is 10.2. The molecule has 1 aliphatic rings. The number of nitrogens with zero attached hydrogens (tertiary/aromatic N) is 1. The average Bonchev–Trinajstić information content (AvgIpc) is 2.73. The maximum absolute atomic E-state index is 5.99. The van der Waals surface area contributed by atoms with Gasteiger partial charge in [0.1, 0.15) is 6.04 Å². The second kappa shape index (κ2) is 4.36. The molecule has 2 atom stereocenters. The van der Waals surface area contributed by atoms with E-state index in [1.54, 1.807) is 0 Å². The first-order valence-corrected chi connectivity index (χ1v) is 5.95. The van der Waals surface area contributed by atoms with Crippen LogP contribution in [0.15, 0.2) is 48.0 Å². The SMILES string of the molecule is C=C[C@H]1N=C(C(C)(C)C)O[C@@H]1c1ccccc1. The van der Waals surface area contributed by atoms with E-state index in [1.807, 2.05) is 24.3 Å². The quantitative estimate of drug-likeness (QED) is 0.708. The molecular formula is C15H19NO. The monoisotopic (exact) mass is 229 g/mol. The van der Waals surface area contributed by atoms with Gasteiger partial charge in [0.15, 0.2) is 12.0 Å². The van der Waals surface area contributed by atoms with Crippen molar-refractivity contribution in [2.75, 3.05) is 0 Å². The Morgan fingerprint density at radius 2 is 1.88 bits per heavy atom. The van der Waals surface area contributed by atoms with Gasteiger partial charge in [0.05, 0.1) is 0 Å². The van der Waals surface area contributed by atoms with Crippen LogP contribution >= 0.6 is 0 Å². The molecule has 0 spiro atoms. The fourth-order valence-electron chi connectivity index (χ4n) is 1.88. The number of benzene rings is 1. The fraction of sp³-hybridized carbons (Fsp3) is 0.400. The van der Waals surface area contributed by atoms with Crippen molar-refractivity contribution in [2.45, 2.75) is 32.9 Å². The summed E-state index contributed by atoms with van der Waals surface area (Å²) in [6.07, 6.45) is 1.83. The van der Waals surface area contributed by atoms with E-state index in [0.717, 1.165) is 11.5 Å². The van der Waals surface area contributed by atoms with Crippen LogP contribution in [0, 0.1) is 5.41 Å². The molecule has 1 heterocycles. The first-order valence-electron chi connectivity index (χ1n) is 5.95. The molecule has 0 unspecified atom stereocenters. The Kier molecular flexibility index (Phi) is 3.05. The summed E-state index contributed by atoms with van der Waals surface area (Å²) >= 11 is 0. The van der Waals surface area contributed by atoms with Crippen molar-refractivity contribution in [1.29, 1.82) is 0 Å². The van der Waals surface area contributed by atoms with E-state index in [1.165, 1.54) is 0 Å². The van der Waals surface area contributed by atoms with Gasteiger partial charge in [0, 0.05) is 5.41 Å². The molecule has 0 N–H and O–H groups in total. The molecule has 1 aliphatic heterocycles. The van der Waals surface area contributed by atoms with Crippen molar-refractivity contribution in [2.24, 2.45) is 10.4 Å². The Labute approximate surface area is 103 Å². The molecule has 1 aromatic rings. The molecule has 0 amide bonds. The van der Waals surface area contributed by atoms with Crippen LogP contribution in [0.1, 0.15) is 32.4 Å². The van der Waals surface area contributed by atoms with Crippen LogP contribution in [0.2, 0.25) is 0 Å². The number of aliphatic imine (C=N–C) groups is 1. The summed E-state index contributed by atoms with van der Waals surface area (Å²) in [4.78, 5) is 4.61. The second-order valence-corrected chi connectivity index (χ2v) is 5.36. The highest BCUT2D eigenvalue weighted by molar-refractivity contribution is 5.83. The minimum absolute atomic E-state index is 0.0200. The molecule has 0 aliphatic carbocycles. The summed E-state index contributed by atoms with van der Waals surface area (Å²) in [6, 6.07) is 10.2. The van der Waals surface area contributed by atoms with Crippen molar-refractivity contribution >= 4 is 5.90 Å². The van der Waals surface area contributed by atoms with Crippen LogP contribution in [0.3, 0.4) is 0 Å². The third-order valence-corrected chi connectivity index (χ3v) is 2.83. The Balaban J connectivity index is 2.26. The maximum Gasteiger partial charge on any atom is 0.190 e. The van der Waals surface area contributed by atoms with Crippen LogP contribution in [0.25, 0.3) is 0 Å². The number of ether oxygens (including phenoxy) is 1. The Morgan fingerprint density at radius 1 is 1.24 bits per heavy atom. The number of hydrogen-bond acceptors (Lipinski definition) is 2. The molecule has 0 fully saturated rings. The highest BCUT2D eigenvalue weighted by atomic mass is 16.5. The van der Waals surface area contributed by atoms with Gasteiger partial charge in [-0.15, -0.1) is 6.58 Å². The van der Waals surface area contributed by atoms with Crippen molar-refractivity contribution in [3.63, 3.8) is 0 Å². The smallest absolute Gasteiger partial charge is 0.190 e. The molecular weight excluding hydrogens is 210 g/mol. The largest absolute Gasteiger partial charge is 0.470 e. The van der Waals surface area contributed by atoms with Crippen molar-refractivity contribution in [3.8, 4) is 0 Å². The average molecular weight is 229 g/mol. The minimum Gasteiger partial charge on any atom is -0.470 e. The topological polar surface area (TPSA) is 21.6 Å². The van der Waals surface area contributed by atoms with Crippen molar-refractivity contribution in [3.05, 3.63) is 48.6 Å². The molecule has 0 saturated heterocycles. The predicted octanol–water partition coefficient (Wildman–Crippen LogP) is 3.76. The zero-order valence-electron chi connectivity index (χ0n) is 10.7. The number of rotatable bonds is 2. The highest BCUT2D eigenvalue weighted by Crippen LogP contribution is 2.34. The van der Waals surface area contributed by atoms with E-state index in [-0.39, 0.29) is 17.6 Å². The summed E-state index contributed by atoms with van der Waals surface area (Å²) < 4.78 is 5.99. The van der Waals surface area contributed by atoms with Gasteiger partial charge < -0.3 is 4.74 Å². The van der Waals surface area contributed by atoms with E-state index in [9.17, 15) is 0 Å². The first kappa shape index (κ1) is 11.9. The summed E-state index contributed by atoms with van der Waals surface area (Å²) in [5.74, 6) is 0.816. The second-order valence-electron chi connectivity index (χ2n) is 5.36. The first-order chi connectivity index (χ1) is 8.02. The number of hydrogen-bond donors (Lipinski definition) is 0. The van der Waals surface area contributed by atoms with E-state index < -0.39 is 0 Å². The maximum atomic E-state index is 5.99. The molecule has 17 heavy (non-hydrogen) atoms. The third kappa shape index (κ3) is 2.41. The molecule has 0 aromatic heterocycles. The standard InChI is InChI=1S/C15H19NO/c1-5-12-13(11-9-7-6-8-10-11)17-14(16-12)15(2,3)4/h5-10,12-13H,1H2,2-4H3/t12-,13-/m1/s1. The Bertz CT molecular complexity index is 428. The van der Waals surface area contributed by atoms with Crippen LogP contribution < -0.4 is 0 Å². The summed E-state index contributed by atoms with van der Waals surface area (Å²) in [5.41, 5.74) is 1.10. The van der Waals surface area contributed by atoms with Crippen molar-refractivity contribution < 1.29 is 4.74 Å². The predicted molar refractivity (Wildman–Crippen MR) is 71.1 cm³/mol. The van der Waals surface area contributed by atoms with E-state index in [4.69, 9.17) is 4.74 Å². The van der Waals surface area contributed by atoms with Gasteiger partial charge in [-0.05, 0) is 5.56 Å². The van der Waals surface area contributed by atoms with Crippen molar-refractivity contribution in [1.82, 2.24) is 0 Å². The lowest BCUT2D eigenvalue weighted by Crippen LogP contribution is -2.21. The van der Waals surface area contributed by atoms with Crippen LogP contribution in [-0.4, -0.2) is 11.9 Å². The van der Waals surface area contributed by atoms with E-state index in [0.29, 0.717) is 0 Å². The van der Waals surface area contributed by atoms with Crippen LogP contribution in [-0.2, 0) is 4.74 Å². The lowest BCUT2D eigenvalue weighted by atomic mass is 9.97. The van der Waals surface area contributed by atoms with Gasteiger partial charge in [-0.3, -0.25) is 0 Å². The molecule has 2 nitrogen and oxygen atoms in total.